The highest BCUT2D eigenvalue weighted by atomic mass is 16.1. The molecule has 2 aromatic carbocycles. The standard InChI is InChI=1S/C16H17NO/c1-2-16(18)17-15-10-8-14(9-11-15)12-13-6-4-3-5-7-13/h3-11H,2,12H2,1H3,(H,17,18). The molecular formula is C16H17NO. The highest BCUT2D eigenvalue weighted by molar-refractivity contribution is 5.90. The van der Waals surface area contributed by atoms with Gasteiger partial charge in [-0.1, -0.05) is 49.4 Å². The lowest BCUT2D eigenvalue weighted by molar-refractivity contribution is -0.115. The molecule has 0 saturated carbocycles. The average molecular weight is 239 g/mol. The Hall–Kier alpha value is -2.09. The third-order valence-corrected chi connectivity index (χ3v) is 2.81. The van der Waals surface area contributed by atoms with Crippen molar-refractivity contribution in [2.24, 2.45) is 0 Å². The normalized spacial score (nSPS) is 10.1. The van der Waals surface area contributed by atoms with E-state index in [1.54, 1.807) is 0 Å². The molecule has 2 nitrogen and oxygen atoms in total. The minimum Gasteiger partial charge on any atom is -0.326 e. The highest BCUT2D eigenvalue weighted by Gasteiger charge is 1.99. The van der Waals surface area contributed by atoms with E-state index in [-0.39, 0.29) is 5.91 Å². The van der Waals surface area contributed by atoms with E-state index in [9.17, 15) is 4.79 Å². The summed E-state index contributed by atoms with van der Waals surface area (Å²) in [5, 5.41) is 2.84. The Balaban J connectivity index is 2.02. The van der Waals surface area contributed by atoms with Crippen LogP contribution in [0.1, 0.15) is 24.5 Å². The molecule has 0 radical (unpaired) electrons. The fraction of sp³-hybridized carbons (Fsp3) is 0.188. The van der Waals surface area contributed by atoms with Crippen LogP contribution in [0.4, 0.5) is 5.69 Å². The van der Waals surface area contributed by atoms with E-state index in [2.05, 4.69) is 29.6 Å². The molecule has 2 rings (SSSR count). The first-order chi connectivity index (χ1) is 8.78. The van der Waals surface area contributed by atoms with Gasteiger partial charge >= 0.3 is 0 Å². The molecule has 0 saturated heterocycles. The van der Waals surface area contributed by atoms with E-state index < -0.39 is 0 Å². The minimum absolute atomic E-state index is 0.0470. The molecular weight excluding hydrogens is 222 g/mol. The van der Waals surface area contributed by atoms with E-state index in [4.69, 9.17) is 0 Å². The molecule has 0 aromatic heterocycles. The average Bonchev–Trinajstić information content (AvgIpc) is 2.42. The van der Waals surface area contributed by atoms with E-state index in [1.165, 1.54) is 11.1 Å². The number of amides is 1. The van der Waals surface area contributed by atoms with Gasteiger partial charge in [0.25, 0.3) is 0 Å². The third-order valence-electron chi connectivity index (χ3n) is 2.81. The van der Waals surface area contributed by atoms with Crippen molar-refractivity contribution in [2.45, 2.75) is 19.8 Å². The zero-order valence-electron chi connectivity index (χ0n) is 10.5. The molecule has 92 valence electrons. The first kappa shape index (κ1) is 12.4. The van der Waals surface area contributed by atoms with Crippen LogP contribution in [-0.4, -0.2) is 5.91 Å². The van der Waals surface area contributed by atoms with Gasteiger partial charge in [0, 0.05) is 12.1 Å². The van der Waals surface area contributed by atoms with E-state index >= 15 is 0 Å². The molecule has 0 aliphatic heterocycles. The quantitative estimate of drug-likeness (QED) is 0.867. The predicted molar refractivity (Wildman–Crippen MR) is 74.6 cm³/mol. The van der Waals surface area contributed by atoms with Crippen LogP contribution >= 0.6 is 0 Å². The minimum atomic E-state index is 0.0470. The molecule has 0 spiro atoms. The molecule has 0 bridgehead atoms. The molecule has 1 amide bonds. The number of carbonyl (C=O) groups excluding carboxylic acids is 1. The molecule has 0 aliphatic carbocycles. The first-order valence-electron chi connectivity index (χ1n) is 6.20. The Morgan fingerprint density at radius 2 is 1.56 bits per heavy atom. The molecule has 0 unspecified atom stereocenters. The van der Waals surface area contributed by atoms with Crippen molar-refractivity contribution in [1.82, 2.24) is 0 Å². The van der Waals surface area contributed by atoms with Gasteiger partial charge < -0.3 is 5.32 Å². The topological polar surface area (TPSA) is 29.1 Å². The number of carbonyl (C=O) groups is 1. The molecule has 18 heavy (non-hydrogen) atoms. The second kappa shape index (κ2) is 6.01. The van der Waals surface area contributed by atoms with Crippen molar-refractivity contribution in [2.75, 3.05) is 5.32 Å². The van der Waals surface area contributed by atoms with Crippen LogP contribution in [0.25, 0.3) is 0 Å². The highest BCUT2D eigenvalue weighted by Crippen LogP contribution is 2.13. The van der Waals surface area contributed by atoms with Crippen LogP contribution in [0, 0.1) is 0 Å². The summed E-state index contributed by atoms with van der Waals surface area (Å²) in [5.41, 5.74) is 3.40. The monoisotopic (exact) mass is 239 g/mol. The molecule has 0 atom stereocenters. The van der Waals surface area contributed by atoms with Crippen LogP contribution in [0.5, 0.6) is 0 Å². The molecule has 2 aromatic rings. The van der Waals surface area contributed by atoms with E-state index in [1.807, 2.05) is 37.3 Å². The lowest BCUT2D eigenvalue weighted by atomic mass is 10.0. The lowest BCUT2D eigenvalue weighted by Gasteiger charge is -2.05. The summed E-state index contributed by atoms with van der Waals surface area (Å²) in [4.78, 5) is 11.2. The Morgan fingerprint density at radius 1 is 0.944 bits per heavy atom. The van der Waals surface area contributed by atoms with Crippen molar-refractivity contribution in [3.63, 3.8) is 0 Å². The van der Waals surface area contributed by atoms with E-state index in [0.717, 1.165) is 12.1 Å². The molecule has 1 N–H and O–H groups in total. The summed E-state index contributed by atoms with van der Waals surface area (Å²) in [6.07, 6.45) is 1.43. The van der Waals surface area contributed by atoms with Gasteiger partial charge in [0.15, 0.2) is 0 Å². The SMILES string of the molecule is CCC(=O)Nc1ccc(Cc2ccccc2)cc1. The maximum absolute atomic E-state index is 11.2. The van der Waals surface area contributed by atoms with Crippen LogP contribution in [0.15, 0.2) is 54.6 Å². The van der Waals surface area contributed by atoms with E-state index in [0.29, 0.717) is 6.42 Å². The fourth-order valence-electron chi connectivity index (χ4n) is 1.79. The third kappa shape index (κ3) is 3.45. The van der Waals surface area contributed by atoms with Gasteiger partial charge in [-0.3, -0.25) is 4.79 Å². The number of benzene rings is 2. The Labute approximate surface area is 108 Å². The number of hydrogen-bond donors (Lipinski definition) is 1. The van der Waals surface area contributed by atoms with Gasteiger partial charge in [0.1, 0.15) is 0 Å². The summed E-state index contributed by atoms with van der Waals surface area (Å²) in [7, 11) is 0. The largest absolute Gasteiger partial charge is 0.326 e. The maximum atomic E-state index is 11.2. The molecule has 2 heteroatoms. The Bertz CT molecular complexity index is 502. The second-order valence-corrected chi connectivity index (χ2v) is 4.26. The van der Waals surface area contributed by atoms with Crippen molar-refractivity contribution >= 4 is 11.6 Å². The molecule has 0 heterocycles. The van der Waals surface area contributed by atoms with Crippen molar-refractivity contribution in [3.8, 4) is 0 Å². The number of hydrogen-bond acceptors (Lipinski definition) is 1. The number of nitrogens with one attached hydrogen (secondary N) is 1. The van der Waals surface area contributed by atoms with Gasteiger partial charge in [-0.05, 0) is 29.7 Å². The van der Waals surface area contributed by atoms with Gasteiger partial charge in [0.05, 0.1) is 0 Å². The van der Waals surface area contributed by atoms with Crippen LogP contribution in [0.3, 0.4) is 0 Å². The predicted octanol–water partition coefficient (Wildman–Crippen LogP) is 3.63. The van der Waals surface area contributed by atoms with Gasteiger partial charge in [0.2, 0.25) is 5.91 Å². The van der Waals surface area contributed by atoms with Gasteiger partial charge in [-0.25, -0.2) is 0 Å². The lowest BCUT2D eigenvalue weighted by Crippen LogP contribution is -2.09. The first-order valence-corrected chi connectivity index (χ1v) is 6.20. The molecule has 0 fully saturated rings. The van der Waals surface area contributed by atoms with Gasteiger partial charge in [-0.2, -0.15) is 0 Å². The summed E-state index contributed by atoms with van der Waals surface area (Å²) in [6, 6.07) is 18.4. The molecule has 0 aliphatic rings. The van der Waals surface area contributed by atoms with Crippen molar-refractivity contribution in [1.29, 1.82) is 0 Å². The summed E-state index contributed by atoms with van der Waals surface area (Å²) < 4.78 is 0. The Morgan fingerprint density at radius 3 is 2.17 bits per heavy atom. The van der Waals surface area contributed by atoms with Crippen molar-refractivity contribution < 1.29 is 4.79 Å². The Kier molecular flexibility index (Phi) is 4.13. The summed E-state index contributed by atoms with van der Waals surface area (Å²) in [6.45, 7) is 1.85. The van der Waals surface area contributed by atoms with Crippen LogP contribution < -0.4 is 5.32 Å². The van der Waals surface area contributed by atoms with Crippen LogP contribution in [-0.2, 0) is 11.2 Å². The number of rotatable bonds is 4. The zero-order chi connectivity index (χ0) is 12.8. The number of anilines is 1. The summed E-state index contributed by atoms with van der Waals surface area (Å²) >= 11 is 0. The van der Waals surface area contributed by atoms with Crippen LogP contribution in [0.2, 0.25) is 0 Å². The smallest absolute Gasteiger partial charge is 0.224 e. The van der Waals surface area contributed by atoms with Crippen molar-refractivity contribution in [3.05, 3.63) is 65.7 Å². The fourth-order valence-corrected chi connectivity index (χ4v) is 1.79. The summed E-state index contributed by atoms with van der Waals surface area (Å²) in [5.74, 6) is 0.0470. The second-order valence-electron chi connectivity index (χ2n) is 4.26. The maximum Gasteiger partial charge on any atom is 0.224 e. The zero-order valence-corrected chi connectivity index (χ0v) is 10.5. The van der Waals surface area contributed by atoms with Gasteiger partial charge in [-0.15, -0.1) is 0 Å².